The van der Waals surface area contributed by atoms with Crippen LogP contribution in [0.1, 0.15) is 0 Å². The minimum atomic E-state index is -4.23. The summed E-state index contributed by atoms with van der Waals surface area (Å²) in [6.07, 6.45) is -4.23. The summed E-state index contributed by atoms with van der Waals surface area (Å²) in [5, 5.41) is 0. The maximum Gasteiger partial charge on any atom is 0.395 e. The summed E-state index contributed by atoms with van der Waals surface area (Å²) < 4.78 is 39.6. The SMILES string of the molecule is COCC(CN)C(F)(F)F. The van der Waals surface area contributed by atoms with Crippen LogP contribution in [0.25, 0.3) is 0 Å². The van der Waals surface area contributed by atoms with Gasteiger partial charge in [-0.15, -0.1) is 0 Å². The van der Waals surface area contributed by atoms with Gasteiger partial charge in [0.05, 0.1) is 12.5 Å². The Bertz CT molecular complexity index is 93.4. The molecule has 0 fully saturated rings. The number of ether oxygens (including phenoxy) is 1. The zero-order valence-electron chi connectivity index (χ0n) is 5.61. The molecule has 0 aromatic rings. The second-order valence-corrected chi connectivity index (χ2v) is 1.93. The summed E-state index contributed by atoms with van der Waals surface area (Å²) >= 11 is 0. The summed E-state index contributed by atoms with van der Waals surface area (Å²) in [5.41, 5.74) is 4.84. The lowest BCUT2D eigenvalue weighted by molar-refractivity contribution is -0.182. The first-order valence-corrected chi connectivity index (χ1v) is 2.78. The summed E-state index contributed by atoms with van der Waals surface area (Å²) in [7, 11) is 1.22. The molecule has 0 spiro atoms. The number of hydrogen-bond donors (Lipinski definition) is 1. The van der Waals surface area contributed by atoms with Gasteiger partial charge >= 0.3 is 6.18 Å². The topological polar surface area (TPSA) is 35.2 Å². The quantitative estimate of drug-likeness (QED) is 0.656. The van der Waals surface area contributed by atoms with E-state index in [1.807, 2.05) is 0 Å². The van der Waals surface area contributed by atoms with Crippen molar-refractivity contribution in [1.29, 1.82) is 0 Å². The Hall–Kier alpha value is -0.290. The van der Waals surface area contributed by atoms with Crippen LogP contribution in [0.5, 0.6) is 0 Å². The van der Waals surface area contributed by atoms with E-state index in [0.717, 1.165) is 0 Å². The molecule has 0 radical (unpaired) electrons. The fourth-order valence-corrected chi connectivity index (χ4v) is 0.497. The zero-order chi connectivity index (χ0) is 8.20. The van der Waals surface area contributed by atoms with Gasteiger partial charge in [0.2, 0.25) is 0 Å². The highest BCUT2D eigenvalue weighted by Gasteiger charge is 2.38. The van der Waals surface area contributed by atoms with Gasteiger partial charge in [-0.3, -0.25) is 0 Å². The molecule has 0 saturated heterocycles. The maximum absolute atomic E-state index is 11.7. The minimum absolute atomic E-state index is 0.361. The van der Waals surface area contributed by atoms with E-state index in [9.17, 15) is 13.2 Å². The predicted molar refractivity (Wildman–Crippen MR) is 30.5 cm³/mol. The van der Waals surface area contributed by atoms with E-state index in [2.05, 4.69) is 4.74 Å². The molecule has 0 amide bonds. The van der Waals surface area contributed by atoms with Gasteiger partial charge in [-0.2, -0.15) is 13.2 Å². The third-order valence-corrected chi connectivity index (χ3v) is 1.12. The van der Waals surface area contributed by atoms with Crippen LogP contribution in [0.4, 0.5) is 13.2 Å². The lowest BCUT2D eigenvalue weighted by Crippen LogP contribution is -2.33. The Morgan fingerprint density at radius 2 is 2.00 bits per heavy atom. The van der Waals surface area contributed by atoms with E-state index in [1.54, 1.807) is 0 Å². The average Bonchev–Trinajstić information content (AvgIpc) is 1.80. The van der Waals surface area contributed by atoms with Gasteiger partial charge in [-0.25, -0.2) is 0 Å². The van der Waals surface area contributed by atoms with E-state index in [-0.39, 0.29) is 6.61 Å². The molecule has 10 heavy (non-hydrogen) atoms. The van der Waals surface area contributed by atoms with Gasteiger partial charge < -0.3 is 10.5 Å². The van der Waals surface area contributed by atoms with Crippen molar-refractivity contribution in [2.45, 2.75) is 6.18 Å². The highest BCUT2D eigenvalue weighted by Crippen LogP contribution is 2.25. The van der Waals surface area contributed by atoms with E-state index in [1.165, 1.54) is 7.11 Å². The Morgan fingerprint density at radius 1 is 1.50 bits per heavy atom. The molecule has 0 rings (SSSR count). The van der Waals surface area contributed by atoms with Gasteiger partial charge in [-0.1, -0.05) is 0 Å². The van der Waals surface area contributed by atoms with Crippen molar-refractivity contribution in [2.24, 2.45) is 11.7 Å². The maximum atomic E-state index is 11.7. The molecular weight excluding hydrogens is 147 g/mol. The fraction of sp³-hybridized carbons (Fsp3) is 1.00. The Labute approximate surface area is 57.1 Å². The van der Waals surface area contributed by atoms with E-state index < -0.39 is 18.6 Å². The molecule has 0 saturated carbocycles. The first kappa shape index (κ1) is 9.71. The van der Waals surface area contributed by atoms with Crippen LogP contribution in [0.3, 0.4) is 0 Å². The lowest BCUT2D eigenvalue weighted by Gasteiger charge is -2.16. The van der Waals surface area contributed by atoms with Gasteiger partial charge in [-0.05, 0) is 0 Å². The fourth-order valence-electron chi connectivity index (χ4n) is 0.497. The number of rotatable bonds is 3. The van der Waals surface area contributed by atoms with Crippen LogP contribution in [0, 0.1) is 5.92 Å². The van der Waals surface area contributed by atoms with Crippen molar-refractivity contribution in [3.63, 3.8) is 0 Å². The Kier molecular flexibility index (Phi) is 3.67. The number of hydrogen-bond acceptors (Lipinski definition) is 2. The van der Waals surface area contributed by atoms with Crippen LogP contribution in [0.2, 0.25) is 0 Å². The van der Waals surface area contributed by atoms with E-state index >= 15 is 0 Å². The van der Waals surface area contributed by atoms with Crippen LogP contribution >= 0.6 is 0 Å². The van der Waals surface area contributed by atoms with Crippen LogP contribution in [-0.2, 0) is 4.74 Å². The molecule has 0 aliphatic heterocycles. The third kappa shape index (κ3) is 3.03. The molecular formula is C5H10F3NO. The molecule has 0 aromatic carbocycles. The largest absolute Gasteiger partial charge is 0.395 e. The van der Waals surface area contributed by atoms with Crippen molar-refractivity contribution in [1.82, 2.24) is 0 Å². The van der Waals surface area contributed by atoms with Crippen molar-refractivity contribution >= 4 is 0 Å². The molecule has 0 heterocycles. The predicted octanol–water partition coefficient (Wildman–Crippen LogP) is 0.770. The highest BCUT2D eigenvalue weighted by atomic mass is 19.4. The number of nitrogens with two attached hydrogens (primary N) is 1. The molecule has 5 heteroatoms. The van der Waals surface area contributed by atoms with E-state index in [0.29, 0.717) is 0 Å². The highest BCUT2D eigenvalue weighted by molar-refractivity contribution is 4.66. The molecule has 2 N–H and O–H groups in total. The Morgan fingerprint density at radius 3 is 2.10 bits per heavy atom. The van der Waals surface area contributed by atoms with Crippen LogP contribution in [-0.4, -0.2) is 26.4 Å². The van der Waals surface area contributed by atoms with E-state index in [4.69, 9.17) is 5.73 Å². The molecule has 0 aliphatic carbocycles. The lowest BCUT2D eigenvalue weighted by atomic mass is 10.1. The van der Waals surface area contributed by atoms with Crippen molar-refractivity contribution in [2.75, 3.05) is 20.3 Å². The summed E-state index contributed by atoms with van der Waals surface area (Å²) in [6.45, 7) is -0.780. The smallest absolute Gasteiger partial charge is 0.384 e. The summed E-state index contributed by atoms with van der Waals surface area (Å²) in [5.74, 6) is -1.53. The molecule has 0 aromatic heterocycles. The first-order chi connectivity index (χ1) is 4.52. The third-order valence-electron chi connectivity index (χ3n) is 1.12. The van der Waals surface area contributed by atoms with Crippen molar-refractivity contribution in [3.8, 4) is 0 Å². The monoisotopic (exact) mass is 157 g/mol. The summed E-state index contributed by atoms with van der Waals surface area (Å²) in [4.78, 5) is 0. The minimum Gasteiger partial charge on any atom is -0.384 e. The van der Waals surface area contributed by atoms with Gasteiger partial charge in [0.15, 0.2) is 0 Å². The van der Waals surface area contributed by atoms with Gasteiger partial charge in [0, 0.05) is 13.7 Å². The number of halogens is 3. The first-order valence-electron chi connectivity index (χ1n) is 2.78. The molecule has 2 nitrogen and oxygen atoms in total. The summed E-state index contributed by atoms with van der Waals surface area (Å²) in [6, 6.07) is 0. The molecule has 62 valence electrons. The standard InChI is InChI=1S/C5H10F3NO/c1-10-3-4(2-9)5(6,7)8/h4H,2-3,9H2,1H3. The van der Waals surface area contributed by atoms with Crippen LogP contribution in [0.15, 0.2) is 0 Å². The Balaban J connectivity index is 3.81. The van der Waals surface area contributed by atoms with Crippen molar-refractivity contribution < 1.29 is 17.9 Å². The number of methoxy groups -OCH3 is 1. The molecule has 0 aliphatic rings. The van der Waals surface area contributed by atoms with Gasteiger partial charge in [0.25, 0.3) is 0 Å². The molecule has 0 bridgehead atoms. The second-order valence-electron chi connectivity index (χ2n) is 1.93. The molecule has 1 atom stereocenters. The van der Waals surface area contributed by atoms with Crippen molar-refractivity contribution in [3.05, 3.63) is 0 Å². The average molecular weight is 157 g/mol. The van der Waals surface area contributed by atoms with Crippen LogP contribution < -0.4 is 5.73 Å². The zero-order valence-corrected chi connectivity index (χ0v) is 5.61. The normalized spacial score (nSPS) is 15.3. The molecule has 1 unspecified atom stereocenters. The van der Waals surface area contributed by atoms with Gasteiger partial charge in [0.1, 0.15) is 0 Å². The second kappa shape index (κ2) is 3.78. The number of alkyl halides is 3.